The zero-order valence-electron chi connectivity index (χ0n) is 9.82. The number of nitrogens with two attached hydrogens (primary N) is 1. The van der Waals surface area contributed by atoms with Crippen LogP contribution in [0.25, 0.3) is 11.2 Å². The van der Waals surface area contributed by atoms with Crippen molar-refractivity contribution in [2.75, 3.05) is 12.3 Å². The molecule has 2 aromatic rings. The molecule has 0 radical (unpaired) electrons. The number of aliphatic hydroxyl groups is 3. The van der Waals surface area contributed by atoms with Crippen molar-refractivity contribution in [3.63, 3.8) is 0 Å². The molecule has 3 atom stereocenters. The SMILES string of the molecule is Nc1nc2c(ncn2[C@@H]2C[C@](O)(CO)[C@H]2O)c(=O)[nH]1. The first-order chi connectivity index (χ1) is 8.96. The molecule has 1 aliphatic carbocycles. The van der Waals surface area contributed by atoms with Crippen LogP contribution >= 0.6 is 0 Å². The molecule has 1 fully saturated rings. The average Bonchev–Trinajstić information content (AvgIpc) is 2.78. The summed E-state index contributed by atoms with van der Waals surface area (Å²) in [6.07, 6.45) is 0.346. The predicted octanol–water partition coefficient (Wildman–Crippen LogP) is -2.27. The highest BCUT2D eigenvalue weighted by Gasteiger charge is 2.53. The van der Waals surface area contributed by atoms with Crippen LogP contribution in [0.2, 0.25) is 0 Å². The van der Waals surface area contributed by atoms with Gasteiger partial charge in [-0.15, -0.1) is 0 Å². The Morgan fingerprint density at radius 2 is 2.37 bits per heavy atom. The Labute approximate surface area is 106 Å². The molecule has 2 aromatic heterocycles. The third kappa shape index (κ3) is 1.56. The maximum absolute atomic E-state index is 11.6. The molecule has 0 saturated heterocycles. The number of hydrogen-bond acceptors (Lipinski definition) is 7. The molecule has 9 heteroatoms. The van der Waals surface area contributed by atoms with Gasteiger partial charge in [0.2, 0.25) is 5.95 Å². The van der Waals surface area contributed by atoms with Gasteiger partial charge in [0.1, 0.15) is 11.7 Å². The van der Waals surface area contributed by atoms with E-state index in [1.165, 1.54) is 10.9 Å². The van der Waals surface area contributed by atoms with Crippen molar-refractivity contribution in [2.45, 2.75) is 24.2 Å². The van der Waals surface area contributed by atoms with Gasteiger partial charge in [-0.3, -0.25) is 9.78 Å². The van der Waals surface area contributed by atoms with Gasteiger partial charge in [0.25, 0.3) is 5.56 Å². The Kier molecular flexibility index (Phi) is 2.39. The highest BCUT2D eigenvalue weighted by Crippen LogP contribution is 2.42. The van der Waals surface area contributed by atoms with Gasteiger partial charge in [-0.1, -0.05) is 0 Å². The first-order valence-electron chi connectivity index (χ1n) is 5.70. The van der Waals surface area contributed by atoms with Gasteiger partial charge in [-0.05, 0) is 0 Å². The van der Waals surface area contributed by atoms with Crippen LogP contribution in [0.1, 0.15) is 12.5 Å². The number of anilines is 1. The number of nitrogens with zero attached hydrogens (tertiary/aromatic N) is 3. The number of imidazole rings is 1. The van der Waals surface area contributed by atoms with Crippen molar-refractivity contribution >= 4 is 17.1 Å². The summed E-state index contributed by atoms with van der Waals surface area (Å²) in [5, 5.41) is 28.7. The van der Waals surface area contributed by atoms with E-state index < -0.39 is 29.9 Å². The monoisotopic (exact) mass is 267 g/mol. The summed E-state index contributed by atoms with van der Waals surface area (Å²) in [5.74, 6) is -0.0505. The zero-order chi connectivity index (χ0) is 13.8. The molecule has 19 heavy (non-hydrogen) atoms. The summed E-state index contributed by atoms with van der Waals surface area (Å²) in [6.45, 7) is -0.534. The quantitative estimate of drug-likeness (QED) is 0.411. The largest absolute Gasteiger partial charge is 0.393 e. The molecule has 102 valence electrons. The van der Waals surface area contributed by atoms with Crippen LogP contribution in [0.5, 0.6) is 0 Å². The zero-order valence-corrected chi connectivity index (χ0v) is 9.82. The van der Waals surface area contributed by atoms with Crippen molar-refractivity contribution in [2.24, 2.45) is 0 Å². The lowest BCUT2D eigenvalue weighted by molar-refractivity contribution is -0.196. The van der Waals surface area contributed by atoms with E-state index in [1.807, 2.05) is 0 Å². The second kappa shape index (κ2) is 3.76. The predicted molar refractivity (Wildman–Crippen MR) is 64.3 cm³/mol. The number of aromatic amines is 1. The van der Waals surface area contributed by atoms with Crippen molar-refractivity contribution < 1.29 is 15.3 Å². The third-order valence-corrected chi connectivity index (χ3v) is 3.56. The molecule has 0 aromatic carbocycles. The molecule has 1 saturated carbocycles. The van der Waals surface area contributed by atoms with Gasteiger partial charge in [0.05, 0.1) is 19.0 Å². The molecule has 0 bridgehead atoms. The smallest absolute Gasteiger partial charge is 0.280 e. The van der Waals surface area contributed by atoms with E-state index in [0.717, 1.165) is 0 Å². The topological polar surface area (TPSA) is 150 Å². The van der Waals surface area contributed by atoms with Crippen molar-refractivity contribution in [1.82, 2.24) is 19.5 Å². The number of aromatic nitrogens is 4. The summed E-state index contributed by atoms with van der Waals surface area (Å²) in [4.78, 5) is 21.8. The highest BCUT2D eigenvalue weighted by atomic mass is 16.4. The van der Waals surface area contributed by atoms with Crippen molar-refractivity contribution in [1.29, 1.82) is 0 Å². The second-order valence-corrected chi connectivity index (χ2v) is 4.75. The fourth-order valence-corrected chi connectivity index (χ4v) is 2.39. The highest BCUT2D eigenvalue weighted by molar-refractivity contribution is 5.70. The second-order valence-electron chi connectivity index (χ2n) is 4.75. The van der Waals surface area contributed by atoms with Gasteiger partial charge in [-0.25, -0.2) is 4.98 Å². The Morgan fingerprint density at radius 1 is 1.63 bits per heavy atom. The Hall–Kier alpha value is -1.97. The van der Waals surface area contributed by atoms with Gasteiger partial charge in [0, 0.05) is 6.42 Å². The maximum Gasteiger partial charge on any atom is 0.280 e. The summed E-state index contributed by atoms with van der Waals surface area (Å²) >= 11 is 0. The van der Waals surface area contributed by atoms with Crippen LogP contribution in [-0.4, -0.2) is 53.2 Å². The van der Waals surface area contributed by atoms with Crippen molar-refractivity contribution in [3.8, 4) is 0 Å². The number of nitrogen functional groups attached to an aromatic ring is 1. The molecule has 0 unspecified atom stereocenters. The Bertz CT molecular complexity index is 695. The van der Waals surface area contributed by atoms with Crippen LogP contribution in [0.15, 0.2) is 11.1 Å². The molecule has 0 aliphatic heterocycles. The fourth-order valence-electron chi connectivity index (χ4n) is 2.39. The Balaban J connectivity index is 2.06. The normalized spacial score (nSPS) is 30.5. The molecular weight excluding hydrogens is 254 g/mol. The summed E-state index contributed by atoms with van der Waals surface area (Å²) in [7, 11) is 0. The first-order valence-corrected chi connectivity index (χ1v) is 5.70. The summed E-state index contributed by atoms with van der Waals surface area (Å²) < 4.78 is 1.48. The van der Waals surface area contributed by atoms with Crippen molar-refractivity contribution in [3.05, 3.63) is 16.7 Å². The number of H-pyrrole nitrogens is 1. The maximum atomic E-state index is 11.6. The average molecular weight is 267 g/mol. The van der Waals surface area contributed by atoms with E-state index in [9.17, 15) is 15.0 Å². The van der Waals surface area contributed by atoms with E-state index in [4.69, 9.17) is 10.8 Å². The van der Waals surface area contributed by atoms with E-state index in [-0.39, 0.29) is 23.5 Å². The molecule has 3 rings (SSSR count). The Morgan fingerprint density at radius 3 is 3.00 bits per heavy atom. The lowest BCUT2D eigenvalue weighted by Gasteiger charge is -2.47. The lowest BCUT2D eigenvalue weighted by Crippen LogP contribution is -2.61. The minimum Gasteiger partial charge on any atom is -0.393 e. The minimum absolute atomic E-state index is 0.0505. The third-order valence-electron chi connectivity index (χ3n) is 3.56. The van der Waals surface area contributed by atoms with Crippen LogP contribution in [0.3, 0.4) is 0 Å². The van der Waals surface area contributed by atoms with E-state index in [2.05, 4.69) is 15.0 Å². The molecule has 6 N–H and O–H groups in total. The molecule has 1 aliphatic rings. The molecular formula is C10H13N5O4. The van der Waals surface area contributed by atoms with E-state index in [0.29, 0.717) is 0 Å². The summed E-state index contributed by atoms with van der Waals surface area (Å²) in [6, 6.07) is -0.504. The van der Waals surface area contributed by atoms with E-state index >= 15 is 0 Å². The van der Waals surface area contributed by atoms with Crippen LogP contribution in [0, 0.1) is 0 Å². The number of fused-ring (bicyclic) bond motifs is 1. The fraction of sp³-hybridized carbons (Fsp3) is 0.500. The number of hydrogen-bond donors (Lipinski definition) is 5. The van der Waals surface area contributed by atoms with Gasteiger partial charge in [0.15, 0.2) is 11.2 Å². The number of aliphatic hydroxyl groups excluding tert-OH is 2. The number of nitrogens with one attached hydrogen (secondary N) is 1. The standard InChI is InChI=1S/C10H13N5O4/c11-9-13-7-5(8(18)14-9)12-3-15(7)4-1-10(19,2-16)6(4)17/h3-4,6,16-17,19H,1-2H2,(H3,11,13,14,18)/t4-,6+,10+/m1/s1. The molecule has 2 heterocycles. The van der Waals surface area contributed by atoms with E-state index in [1.54, 1.807) is 0 Å². The summed E-state index contributed by atoms with van der Waals surface area (Å²) in [5.41, 5.74) is 3.83. The minimum atomic E-state index is -1.52. The lowest BCUT2D eigenvalue weighted by atomic mass is 9.73. The molecule has 0 amide bonds. The van der Waals surface area contributed by atoms with Gasteiger partial charge >= 0.3 is 0 Å². The van der Waals surface area contributed by atoms with Crippen LogP contribution < -0.4 is 11.3 Å². The number of rotatable bonds is 2. The van der Waals surface area contributed by atoms with Gasteiger partial charge in [-0.2, -0.15) is 4.98 Å². The van der Waals surface area contributed by atoms with Crippen LogP contribution in [-0.2, 0) is 0 Å². The van der Waals surface area contributed by atoms with Gasteiger partial charge < -0.3 is 25.6 Å². The molecule has 9 nitrogen and oxygen atoms in total. The first kappa shape index (κ1) is 12.1. The van der Waals surface area contributed by atoms with Crippen LogP contribution in [0.4, 0.5) is 5.95 Å². The molecule has 0 spiro atoms.